The molecule has 0 bridgehead atoms. The Bertz CT molecular complexity index is 1670. The number of rotatable bonds is 9. The van der Waals surface area contributed by atoms with E-state index in [1.807, 2.05) is 0 Å². The lowest BCUT2D eigenvalue weighted by Crippen LogP contribution is -2.16. The van der Waals surface area contributed by atoms with E-state index in [4.69, 9.17) is 23.7 Å². The van der Waals surface area contributed by atoms with Gasteiger partial charge < -0.3 is 29.0 Å². The molecule has 0 spiro atoms. The van der Waals surface area contributed by atoms with Gasteiger partial charge in [0, 0.05) is 32.0 Å². The second-order valence-corrected chi connectivity index (χ2v) is 9.28. The molecule has 4 rings (SSSR count). The highest BCUT2D eigenvalue weighted by Gasteiger charge is 2.18. The Morgan fingerprint density at radius 1 is 0.422 bits per heavy atom. The standard InChI is InChI=1S/C33H25NO11/c1-19(35)41-26-6-4-22(5-7-26)31(38)34-25-17-23(32(39)44-29-12-8-27(9-13-29)42-20(2)36)16-24(18-25)33(40)45-30-14-10-28(11-15-30)43-21(3)37/h4-18H,1-3H3,(H,34,38). The molecule has 0 aliphatic rings. The fourth-order valence-corrected chi connectivity index (χ4v) is 3.79. The van der Waals surface area contributed by atoms with E-state index in [-0.39, 0.29) is 51.1 Å². The summed E-state index contributed by atoms with van der Waals surface area (Å²) < 4.78 is 25.8. The Morgan fingerprint density at radius 3 is 1.07 bits per heavy atom. The van der Waals surface area contributed by atoms with Crippen molar-refractivity contribution < 1.29 is 52.5 Å². The molecule has 1 N–H and O–H groups in total. The first-order chi connectivity index (χ1) is 21.4. The molecule has 4 aromatic rings. The molecule has 0 radical (unpaired) electrons. The van der Waals surface area contributed by atoms with Crippen molar-refractivity contribution >= 4 is 41.4 Å². The number of ether oxygens (including phenoxy) is 5. The highest BCUT2D eigenvalue weighted by Crippen LogP contribution is 2.24. The number of esters is 5. The van der Waals surface area contributed by atoms with Crippen molar-refractivity contribution in [1.82, 2.24) is 0 Å². The van der Waals surface area contributed by atoms with Crippen LogP contribution in [-0.4, -0.2) is 35.8 Å². The summed E-state index contributed by atoms with van der Waals surface area (Å²) in [7, 11) is 0. The van der Waals surface area contributed by atoms with Crippen LogP contribution >= 0.6 is 0 Å². The summed E-state index contributed by atoms with van der Waals surface area (Å²) in [6.07, 6.45) is 0. The summed E-state index contributed by atoms with van der Waals surface area (Å²) in [5.41, 5.74) is 0.0723. The zero-order valence-electron chi connectivity index (χ0n) is 24.2. The predicted octanol–water partition coefficient (Wildman–Crippen LogP) is 5.15. The van der Waals surface area contributed by atoms with Gasteiger partial charge >= 0.3 is 29.8 Å². The Labute approximate surface area is 256 Å². The number of anilines is 1. The summed E-state index contributed by atoms with van der Waals surface area (Å²) in [5, 5.41) is 2.63. The number of hydrogen-bond donors (Lipinski definition) is 1. The fourth-order valence-electron chi connectivity index (χ4n) is 3.79. The van der Waals surface area contributed by atoms with Crippen LogP contribution in [0.1, 0.15) is 51.8 Å². The van der Waals surface area contributed by atoms with Crippen LogP contribution in [0.25, 0.3) is 0 Å². The minimum Gasteiger partial charge on any atom is -0.427 e. The molecule has 45 heavy (non-hydrogen) atoms. The van der Waals surface area contributed by atoms with E-state index in [0.29, 0.717) is 0 Å². The van der Waals surface area contributed by atoms with Crippen molar-refractivity contribution in [3.05, 3.63) is 108 Å². The summed E-state index contributed by atoms with van der Waals surface area (Å²) in [5.74, 6) is -2.88. The summed E-state index contributed by atoms with van der Waals surface area (Å²) >= 11 is 0. The lowest BCUT2D eigenvalue weighted by Gasteiger charge is -2.12. The van der Waals surface area contributed by atoms with Gasteiger partial charge in [-0.15, -0.1) is 0 Å². The molecule has 12 nitrogen and oxygen atoms in total. The first kappa shape index (κ1) is 31.6. The van der Waals surface area contributed by atoms with Gasteiger partial charge in [-0.3, -0.25) is 19.2 Å². The Morgan fingerprint density at radius 2 is 0.733 bits per heavy atom. The van der Waals surface area contributed by atoms with Gasteiger partial charge in [0.05, 0.1) is 11.1 Å². The largest absolute Gasteiger partial charge is 0.427 e. The van der Waals surface area contributed by atoms with Gasteiger partial charge in [0.25, 0.3) is 5.91 Å². The van der Waals surface area contributed by atoms with Crippen molar-refractivity contribution in [2.24, 2.45) is 0 Å². The molecule has 0 saturated heterocycles. The van der Waals surface area contributed by atoms with Crippen LogP contribution in [0.4, 0.5) is 5.69 Å². The molecule has 0 saturated carbocycles. The monoisotopic (exact) mass is 611 g/mol. The maximum absolute atomic E-state index is 13.1. The van der Waals surface area contributed by atoms with Gasteiger partial charge in [-0.1, -0.05) is 0 Å². The van der Waals surface area contributed by atoms with Gasteiger partial charge in [-0.25, -0.2) is 9.59 Å². The molecule has 0 aromatic heterocycles. The molecule has 0 heterocycles. The summed E-state index contributed by atoms with van der Waals surface area (Å²) in [6.45, 7) is 3.74. The lowest BCUT2D eigenvalue weighted by atomic mass is 10.1. The zero-order valence-corrected chi connectivity index (χ0v) is 24.2. The molecule has 4 aromatic carbocycles. The van der Waals surface area contributed by atoms with Crippen molar-refractivity contribution in [1.29, 1.82) is 0 Å². The molecular weight excluding hydrogens is 586 g/mol. The second-order valence-electron chi connectivity index (χ2n) is 9.28. The minimum absolute atomic E-state index is 0.0703. The van der Waals surface area contributed by atoms with Crippen LogP contribution in [0.3, 0.4) is 0 Å². The van der Waals surface area contributed by atoms with Crippen molar-refractivity contribution in [3.8, 4) is 28.7 Å². The third-order valence-corrected chi connectivity index (χ3v) is 5.63. The Kier molecular flexibility index (Phi) is 10.0. The second kappa shape index (κ2) is 14.2. The number of hydrogen-bond acceptors (Lipinski definition) is 11. The van der Waals surface area contributed by atoms with Gasteiger partial charge in [0.15, 0.2) is 0 Å². The summed E-state index contributed by atoms with van der Waals surface area (Å²) in [4.78, 5) is 72.7. The maximum atomic E-state index is 13.1. The topological polar surface area (TPSA) is 161 Å². The zero-order chi connectivity index (χ0) is 32.5. The van der Waals surface area contributed by atoms with E-state index in [1.165, 1.54) is 112 Å². The molecular formula is C33H25NO11. The summed E-state index contributed by atoms with van der Waals surface area (Å²) in [6, 6.07) is 21.0. The molecule has 0 fully saturated rings. The van der Waals surface area contributed by atoms with E-state index >= 15 is 0 Å². The molecule has 0 unspecified atom stereocenters. The van der Waals surface area contributed by atoms with Gasteiger partial charge in [-0.05, 0) is 91.0 Å². The van der Waals surface area contributed by atoms with E-state index < -0.39 is 35.8 Å². The van der Waals surface area contributed by atoms with Crippen LogP contribution in [0.15, 0.2) is 91.0 Å². The highest BCUT2D eigenvalue weighted by atomic mass is 16.6. The molecule has 12 heteroatoms. The minimum atomic E-state index is -0.864. The lowest BCUT2D eigenvalue weighted by molar-refractivity contribution is -0.132. The number of amides is 1. The highest BCUT2D eigenvalue weighted by molar-refractivity contribution is 6.06. The molecule has 228 valence electrons. The Balaban J connectivity index is 1.58. The SMILES string of the molecule is CC(=O)Oc1ccc(OC(=O)c2cc(NC(=O)c3ccc(OC(C)=O)cc3)cc(C(=O)Oc3ccc(OC(C)=O)cc3)c2)cc1. The smallest absolute Gasteiger partial charge is 0.343 e. The first-order valence-corrected chi connectivity index (χ1v) is 13.2. The average molecular weight is 612 g/mol. The maximum Gasteiger partial charge on any atom is 0.343 e. The van der Waals surface area contributed by atoms with E-state index in [9.17, 15) is 28.8 Å². The number of carbonyl (C=O) groups is 6. The normalized spacial score (nSPS) is 10.2. The van der Waals surface area contributed by atoms with E-state index in [2.05, 4.69) is 5.32 Å². The molecule has 0 aliphatic carbocycles. The van der Waals surface area contributed by atoms with Crippen molar-refractivity contribution in [2.75, 3.05) is 5.32 Å². The number of carbonyl (C=O) groups excluding carboxylic acids is 6. The number of nitrogens with one attached hydrogen (secondary N) is 1. The predicted molar refractivity (Wildman–Crippen MR) is 158 cm³/mol. The van der Waals surface area contributed by atoms with Gasteiger partial charge in [-0.2, -0.15) is 0 Å². The fraction of sp³-hybridized carbons (Fsp3) is 0.0909. The van der Waals surface area contributed by atoms with E-state index in [0.717, 1.165) is 0 Å². The molecule has 1 amide bonds. The molecule has 0 aliphatic heterocycles. The third-order valence-electron chi connectivity index (χ3n) is 5.63. The van der Waals surface area contributed by atoms with Gasteiger partial charge in [0.2, 0.25) is 0 Å². The van der Waals surface area contributed by atoms with Crippen LogP contribution in [-0.2, 0) is 14.4 Å². The van der Waals surface area contributed by atoms with Crippen molar-refractivity contribution in [3.63, 3.8) is 0 Å². The van der Waals surface area contributed by atoms with Gasteiger partial charge in [0.1, 0.15) is 28.7 Å². The van der Waals surface area contributed by atoms with Crippen LogP contribution in [0, 0.1) is 0 Å². The van der Waals surface area contributed by atoms with Crippen LogP contribution in [0.2, 0.25) is 0 Å². The molecule has 0 atom stereocenters. The first-order valence-electron chi connectivity index (χ1n) is 13.2. The van der Waals surface area contributed by atoms with E-state index in [1.54, 1.807) is 0 Å². The van der Waals surface area contributed by atoms with Crippen LogP contribution in [0.5, 0.6) is 28.7 Å². The third kappa shape index (κ3) is 9.35. The van der Waals surface area contributed by atoms with Crippen molar-refractivity contribution in [2.45, 2.75) is 20.8 Å². The van der Waals surface area contributed by atoms with Crippen LogP contribution < -0.4 is 29.0 Å². The Hall–Kier alpha value is -6.30. The quantitative estimate of drug-likeness (QED) is 0.197. The average Bonchev–Trinajstić information content (AvgIpc) is 2.98. The number of benzene rings is 4.